The van der Waals surface area contributed by atoms with E-state index in [1.165, 1.54) is 0 Å². The van der Waals surface area contributed by atoms with E-state index in [-0.39, 0.29) is 6.54 Å². The molecule has 0 amide bonds. The van der Waals surface area contributed by atoms with Crippen LogP contribution in [0.5, 0.6) is 0 Å². The van der Waals surface area contributed by atoms with Gasteiger partial charge >= 0.3 is 5.97 Å². The zero-order valence-corrected chi connectivity index (χ0v) is 11.1. The molecule has 5 heteroatoms. The van der Waals surface area contributed by atoms with Crippen molar-refractivity contribution in [2.24, 2.45) is 0 Å². The molecule has 2 aromatic rings. The van der Waals surface area contributed by atoms with E-state index in [0.29, 0.717) is 12.2 Å². The number of hydrogen-bond donors (Lipinski definition) is 2. The second-order valence-electron chi connectivity index (χ2n) is 4.49. The monoisotopic (exact) mass is 271 g/mol. The number of benzene rings is 1. The highest BCUT2D eigenvalue weighted by Crippen LogP contribution is 2.22. The highest BCUT2D eigenvalue weighted by atomic mass is 16.4. The quantitative estimate of drug-likeness (QED) is 0.783. The molecule has 3 N–H and O–H groups in total. The van der Waals surface area contributed by atoms with Crippen LogP contribution >= 0.6 is 0 Å². The lowest BCUT2D eigenvalue weighted by molar-refractivity contribution is -0.135. The van der Waals surface area contributed by atoms with Crippen molar-refractivity contribution in [3.05, 3.63) is 54.4 Å². The Kier molecular flexibility index (Phi) is 4.55. The van der Waals surface area contributed by atoms with Gasteiger partial charge in [0.2, 0.25) is 0 Å². The van der Waals surface area contributed by atoms with Crippen molar-refractivity contribution in [1.29, 1.82) is 0 Å². The van der Waals surface area contributed by atoms with Gasteiger partial charge in [0.25, 0.3) is 0 Å². The Labute approximate surface area is 117 Å². The van der Waals surface area contributed by atoms with Gasteiger partial charge in [0.1, 0.15) is 6.54 Å². The third-order valence-electron chi connectivity index (χ3n) is 3.00. The maximum Gasteiger partial charge on any atom is 0.323 e. The Morgan fingerprint density at radius 3 is 2.70 bits per heavy atom. The fourth-order valence-corrected chi connectivity index (χ4v) is 2.03. The lowest BCUT2D eigenvalue weighted by atomic mass is 10.2. The highest BCUT2D eigenvalue weighted by molar-refractivity contribution is 5.77. The molecule has 0 saturated heterocycles. The molecule has 0 fully saturated rings. The summed E-state index contributed by atoms with van der Waals surface area (Å²) in [5.74, 6) is -0.876. The minimum absolute atomic E-state index is 0.0749. The number of aliphatic carboxylic acids is 1. The summed E-state index contributed by atoms with van der Waals surface area (Å²) in [6.45, 7) is 0.501. The molecule has 0 aliphatic rings. The number of nitrogens with zero attached hydrogens (tertiary/aromatic N) is 2. The standard InChI is InChI=1S/C15H17N3O2/c16-13-5-1-2-6-14(13)18(11-15(19)20)9-7-12-4-3-8-17-10-12/h1-6,8,10H,7,9,11,16H2,(H,19,20). The van der Waals surface area contributed by atoms with Gasteiger partial charge in [-0.15, -0.1) is 0 Å². The number of anilines is 2. The number of carboxylic acids is 1. The van der Waals surface area contributed by atoms with Gasteiger partial charge in [0.05, 0.1) is 11.4 Å². The summed E-state index contributed by atoms with van der Waals surface area (Å²) in [7, 11) is 0. The molecule has 0 bridgehead atoms. The first-order valence-electron chi connectivity index (χ1n) is 6.37. The van der Waals surface area contributed by atoms with Crippen LogP contribution in [0.1, 0.15) is 5.56 Å². The molecular weight excluding hydrogens is 254 g/mol. The van der Waals surface area contributed by atoms with Crippen LogP contribution in [0.4, 0.5) is 11.4 Å². The molecule has 104 valence electrons. The van der Waals surface area contributed by atoms with Gasteiger partial charge in [0.15, 0.2) is 0 Å². The van der Waals surface area contributed by atoms with Gasteiger partial charge in [-0.2, -0.15) is 0 Å². The van der Waals surface area contributed by atoms with Crippen LogP contribution in [0.25, 0.3) is 0 Å². The Morgan fingerprint density at radius 1 is 1.25 bits per heavy atom. The fourth-order valence-electron chi connectivity index (χ4n) is 2.03. The summed E-state index contributed by atoms with van der Waals surface area (Å²) in [5.41, 5.74) is 8.32. The molecule has 2 rings (SSSR count). The zero-order valence-electron chi connectivity index (χ0n) is 11.1. The number of nitrogen functional groups attached to an aromatic ring is 1. The predicted molar refractivity (Wildman–Crippen MR) is 78.6 cm³/mol. The highest BCUT2D eigenvalue weighted by Gasteiger charge is 2.13. The molecule has 0 aliphatic heterocycles. The zero-order chi connectivity index (χ0) is 14.4. The van der Waals surface area contributed by atoms with E-state index >= 15 is 0 Å². The fraction of sp³-hybridized carbons (Fsp3) is 0.200. The van der Waals surface area contributed by atoms with Crippen LogP contribution in [0.2, 0.25) is 0 Å². The average Bonchev–Trinajstić information content (AvgIpc) is 2.45. The first-order chi connectivity index (χ1) is 9.66. The number of para-hydroxylation sites is 2. The van der Waals surface area contributed by atoms with Gasteiger partial charge in [0, 0.05) is 18.9 Å². The van der Waals surface area contributed by atoms with Crippen LogP contribution < -0.4 is 10.6 Å². The number of aromatic nitrogens is 1. The van der Waals surface area contributed by atoms with E-state index in [9.17, 15) is 4.79 Å². The molecule has 5 nitrogen and oxygen atoms in total. The lowest BCUT2D eigenvalue weighted by Crippen LogP contribution is -2.32. The largest absolute Gasteiger partial charge is 0.480 e. The summed E-state index contributed by atoms with van der Waals surface area (Å²) in [5, 5.41) is 9.04. The van der Waals surface area contributed by atoms with Crippen molar-refractivity contribution < 1.29 is 9.90 Å². The van der Waals surface area contributed by atoms with Crippen LogP contribution in [-0.2, 0) is 11.2 Å². The molecule has 1 aromatic carbocycles. The minimum atomic E-state index is -0.876. The van der Waals surface area contributed by atoms with Gasteiger partial charge in [-0.25, -0.2) is 0 Å². The minimum Gasteiger partial charge on any atom is -0.480 e. The topological polar surface area (TPSA) is 79.5 Å². The Morgan fingerprint density at radius 2 is 2.05 bits per heavy atom. The van der Waals surface area contributed by atoms with Crippen molar-refractivity contribution in [3.8, 4) is 0 Å². The summed E-state index contributed by atoms with van der Waals surface area (Å²) >= 11 is 0. The SMILES string of the molecule is Nc1ccccc1N(CCc1cccnc1)CC(=O)O. The smallest absolute Gasteiger partial charge is 0.323 e. The molecule has 1 aromatic heterocycles. The van der Waals surface area contributed by atoms with Crippen molar-refractivity contribution in [2.75, 3.05) is 23.7 Å². The van der Waals surface area contributed by atoms with Crippen molar-refractivity contribution >= 4 is 17.3 Å². The van der Waals surface area contributed by atoms with Gasteiger partial charge in [-0.3, -0.25) is 9.78 Å². The summed E-state index contributed by atoms with van der Waals surface area (Å²) < 4.78 is 0. The second-order valence-corrected chi connectivity index (χ2v) is 4.49. The van der Waals surface area contributed by atoms with E-state index in [4.69, 9.17) is 10.8 Å². The Hall–Kier alpha value is -2.56. The van der Waals surface area contributed by atoms with Gasteiger partial charge in [-0.1, -0.05) is 18.2 Å². The van der Waals surface area contributed by atoms with Crippen molar-refractivity contribution in [1.82, 2.24) is 4.98 Å². The van der Waals surface area contributed by atoms with Crippen LogP contribution in [-0.4, -0.2) is 29.1 Å². The molecule has 0 unspecified atom stereocenters. The van der Waals surface area contributed by atoms with Crippen LogP contribution in [0, 0.1) is 0 Å². The number of hydrogen-bond acceptors (Lipinski definition) is 4. The maximum absolute atomic E-state index is 11.0. The molecule has 0 saturated carbocycles. The normalized spacial score (nSPS) is 10.2. The number of rotatable bonds is 6. The summed E-state index contributed by atoms with van der Waals surface area (Å²) in [6.07, 6.45) is 4.22. The lowest BCUT2D eigenvalue weighted by Gasteiger charge is -2.24. The van der Waals surface area contributed by atoms with Crippen LogP contribution in [0.3, 0.4) is 0 Å². The number of pyridine rings is 1. The number of carbonyl (C=O) groups is 1. The summed E-state index contributed by atoms with van der Waals surface area (Å²) in [4.78, 5) is 16.8. The van der Waals surface area contributed by atoms with Gasteiger partial charge in [-0.05, 0) is 30.2 Å². The van der Waals surface area contributed by atoms with E-state index < -0.39 is 5.97 Å². The molecule has 20 heavy (non-hydrogen) atoms. The van der Waals surface area contributed by atoms with E-state index in [1.807, 2.05) is 30.3 Å². The first-order valence-corrected chi connectivity index (χ1v) is 6.37. The Bertz CT molecular complexity index is 572. The molecule has 0 radical (unpaired) electrons. The van der Waals surface area contributed by atoms with Crippen molar-refractivity contribution in [3.63, 3.8) is 0 Å². The molecule has 0 atom stereocenters. The molecular formula is C15H17N3O2. The van der Waals surface area contributed by atoms with Gasteiger partial charge < -0.3 is 15.7 Å². The van der Waals surface area contributed by atoms with E-state index in [1.54, 1.807) is 23.4 Å². The molecule has 1 heterocycles. The third kappa shape index (κ3) is 3.71. The number of carboxylic acid groups (broad SMARTS) is 1. The van der Waals surface area contributed by atoms with E-state index in [2.05, 4.69) is 4.98 Å². The Balaban J connectivity index is 2.12. The maximum atomic E-state index is 11.0. The van der Waals surface area contributed by atoms with Crippen molar-refractivity contribution in [2.45, 2.75) is 6.42 Å². The third-order valence-corrected chi connectivity index (χ3v) is 3.00. The van der Waals surface area contributed by atoms with E-state index in [0.717, 1.165) is 17.7 Å². The molecule has 0 spiro atoms. The second kappa shape index (κ2) is 6.56. The average molecular weight is 271 g/mol. The molecule has 0 aliphatic carbocycles. The number of nitrogens with two attached hydrogens (primary N) is 1. The first kappa shape index (κ1) is 13.9. The van der Waals surface area contributed by atoms with Crippen LogP contribution in [0.15, 0.2) is 48.8 Å². The summed E-state index contributed by atoms with van der Waals surface area (Å²) in [6, 6.07) is 11.1. The predicted octanol–water partition coefficient (Wildman–Crippen LogP) is 1.80.